The van der Waals surface area contributed by atoms with Crippen molar-refractivity contribution >= 4 is 50.0 Å². The van der Waals surface area contributed by atoms with Gasteiger partial charge in [-0.25, -0.2) is 9.78 Å². The van der Waals surface area contributed by atoms with Crippen LogP contribution in [-0.4, -0.2) is 16.9 Å². The highest BCUT2D eigenvalue weighted by atomic mass is 32.1. The SMILES string of the molecule is CCC(=O)Nc1nc2ccc(NC(=O)Nc3ccccc3CC)cc2s1. The van der Waals surface area contributed by atoms with Crippen molar-refractivity contribution in [2.75, 3.05) is 16.0 Å². The summed E-state index contributed by atoms with van der Waals surface area (Å²) < 4.78 is 0.892. The molecule has 6 nitrogen and oxygen atoms in total. The average Bonchev–Trinajstić information content (AvgIpc) is 3.03. The summed E-state index contributed by atoms with van der Waals surface area (Å²) in [4.78, 5) is 28.1. The summed E-state index contributed by atoms with van der Waals surface area (Å²) in [6.07, 6.45) is 1.25. The Hall–Kier alpha value is -2.93. The summed E-state index contributed by atoms with van der Waals surface area (Å²) in [5.74, 6) is -0.0728. The standard InChI is InChI=1S/C19H20N4O2S/c1-3-12-7-5-6-8-14(12)21-18(25)20-13-9-10-15-16(11-13)26-19(22-15)23-17(24)4-2/h5-11H,3-4H2,1-2H3,(H2,20,21,25)(H,22,23,24). The smallest absolute Gasteiger partial charge is 0.308 e. The quantitative estimate of drug-likeness (QED) is 0.602. The second-order valence-corrected chi connectivity index (χ2v) is 6.72. The summed E-state index contributed by atoms with van der Waals surface area (Å²) in [7, 11) is 0. The predicted octanol–water partition coefficient (Wildman–Crippen LogP) is 4.85. The van der Waals surface area contributed by atoms with E-state index in [1.807, 2.05) is 43.3 Å². The van der Waals surface area contributed by atoms with Crippen LogP contribution in [0.2, 0.25) is 0 Å². The number of hydrogen-bond acceptors (Lipinski definition) is 4. The Labute approximate surface area is 155 Å². The number of nitrogens with zero attached hydrogens (tertiary/aromatic N) is 1. The molecule has 0 saturated heterocycles. The third-order valence-electron chi connectivity index (χ3n) is 3.86. The van der Waals surface area contributed by atoms with Crippen LogP contribution in [0.15, 0.2) is 42.5 Å². The number of carbonyl (C=O) groups is 2. The number of anilines is 3. The maximum absolute atomic E-state index is 12.3. The number of rotatable bonds is 5. The van der Waals surface area contributed by atoms with Crippen LogP contribution in [-0.2, 0) is 11.2 Å². The molecule has 1 heterocycles. The van der Waals surface area contributed by atoms with Crippen LogP contribution in [0, 0.1) is 0 Å². The molecule has 0 fully saturated rings. The van der Waals surface area contributed by atoms with E-state index in [0.717, 1.165) is 27.9 Å². The van der Waals surface area contributed by atoms with E-state index in [-0.39, 0.29) is 11.9 Å². The van der Waals surface area contributed by atoms with Gasteiger partial charge < -0.3 is 16.0 Å². The van der Waals surface area contributed by atoms with Crippen LogP contribution < -0.4 is 16.0 Å². The third kappa shape index (κ3) is 4.18. The highest BCUT2D eigenvalue weighted by Crippen LogP contribution is 2.28. The molecule has 2 aromatic carbocycles. The first-order chi connectivity index (χ1) is 12.6. The molecule has 0 spiro atoms. The second kappa shape index (κ2) is 7.97. The van der Waals surface area contributed by atoms with Gasteiger partial charge in [-0.1, -0.05) is 43.4 Å². The summed E-state index contributed by atoms with van der Waals surface area (Å²) in [6, 6.07) is 12.9. The van der Waals surface area contributed by atoms with E-state index in [2.05, 4.69) is 20.9 Å². The van der Waals surface area contributed by atoms with Gasteiger partial charge in [-0.05, 0) is 36.2 Å². The summed E-state index contributed by atoms with van der Waals surface area (Å²) >= 11 is 1.38. The Morgan fingerprint density at radius 2 is 1.85 bits per heavy atom. The molecular formula is C19H20N4O2S. The topological polar surface area (TPSA) is 83.1 Å². The van der Waals surface area contributed by atoms with Crippen molar-refractivity contribution in [2.24, 2.45) is 0 Å². The third-order valence-corrected chi connectivity index (χ3v) is 4.79. The number of benzene rings is 2. The molecule has 0 aliphatic carbocycles. The van der Waals surface area contributed by atoms with E-state index < -0.39 is 0 Å². The molecule has 26 heavy (non-hydrogen) atoms. The Balaban J connectivity index is 1.72. The van der Waals surface area contributed by atoms with Gasteiger partial charge in [0, 0.05) is 17.8 Å². The minimum Gasteiger partial charge on any atom is -0.308 e. The summed E-state index contributed by atoms with van der Waals surface area (Å²) in [6.45, 7) is 3.84. The van der Waals surface area contributed by atoms with Crippen LogP contribution in [0.3, 0.4) is 0 Å². The van der Waals surface area contributed by atoms with Crippen molar-refractivity contribution in [3.63, 3.8) is 0 Å². The normalized spacial score (nSPS) is 10.5. The lowest BCUT2D eigenvalue weighted by Gasteiger charge is -2.10. The van der Waals surface area contributed by atoms with Crippen LogP contribution >= 0.6 is 11.3 Å². The predicted molar refractivity (Wildman–Crippen MR) is 107 cm³/mol. The molecule has 0 saturated carbocycles. The van der Waals surface area contributed by atoms with Gasteiger partial charge in [0.1, 0.15) is 0 Å². The minimum atomic E-state index is -0.297. The van der Waals surface area contributed by atoms with E-state index in [1.165, 1.54) is 11.3 Å². The molecule has 0 aliphatic heterocycles. The van der Waals surface area contributed by atoms with Crippen molar-refractivity contribution in [2.45, 2.75) is 26.7 Å². The minimum absolute atomic E-state index is 0.0728. The largest absolute Gasteiger partial charge is 0.323 e. The fourth-order valence-electron chi connectivity index (χ4n) is 2.50. The lowest BCUT2D eigenvalue weighted by atomic mass is 10.1. The van der Waals surface area contributed by atoms with E-state index >= 15 is 0 Å². The number of hydrogen-bond donors (Lipinski definition) is 3. The van der Waals surface area contributed by atoms with E-state index in [9.17, 15) is 9.59 Å². The van der Waals surface area contributed by atoms with Gasteiger partial charge in [-0.2, -0.15) is 0 Å². The molecule has 7 heteroatoms. The number of thiazole rings is 1. The number of para-hydroxylation sites is 1. The van der Waals surface area contributed by atoms with Crippen LogP contribution in [0.25, 0.3) is 10.2 Å². The molecule has 0 radical (unpaired) electrons. The number of aryl methyl sites for hydroxylation is 1. The van der Waals surface area contributed by atoms with Gasteiger partial charge in [0.05, 0.1) is 10.2 Å². The zero-order valence-corrected chi connectivity index (χ0v) is 15.4. The van der Waals surface area contributed by atoms with Crippen LogP contribution in [0.5, 0.6) is 0 Å². The molecule has 3 aromatic rings. The molecule has 0 bridgehead atoms. The molecule has 0 unspecified atom stereocenters. The number of nitrogens with one attached hydrogen (secondary N) is 3. The lowest BCUT2D eigenvalue weighted by Crippen LogP contribution is -2.20. The average molecular weight is 368 g/mol. The molecule has 0 aliphatic rings. The zero-order chi connectivity index (χ0) is 18.5. The number of carbonyl (C=O) groups excluding carboxylic acids is 2. The summed E-state index contributed by atoms with van der Waals surface area (Å²) in [5, 5.41) is 9.03. The molecule has 3 N–H and O–H groups in total. The second-order valence-electron chi connectivity index (χ2n) is 5.69. The van der Waals surface area contributed by atoms with Gasteiger partial charge in [-0.3, -0.25) is 4.79 Å². The molecule has 0 atom stereocenters. The van der Waals surface area contributed by atoms with E-state index in [1.54, 1.807) is 13.0 Å². The first-order valence-corrected chi connectivity index (χ1v) is 9.27. The van der Waals surface area contributed by atoms with Gasteiger partial charge >= 0.3 is 6.03 Å². The van der Waals surface area contributed by atoms with Crippen molar-refractivity contribution in [3.05, 3.63) is 48.0 Å². The highest BCUT2D eigenvalue weighted by molar-refractivity contribution is 7.22. The lowest BCUT2D eigenvalue weighted by molar-refractivity contribution is -0.115. The molecular weight excluding hydrogens is 348 g/mol. The first kappa shape index (κ1) is 17.9. The Bertz CT molecular complexity index is 952. The number of urea groups is 1. The van der Waals surface area contributed by atoms with Gasteiger partial charge in [0.15, 0.2) is 5.13 Å². The number of fused-ring (bicyclic) bond motifs is 1. The first-order valence-electron chi connectivity index (χ1n) is 8.45. The van der Waals surface area contributed by atoms with Gasteiger partial charge in [0.25, 0.3) is 0 Å². The van der Waals surface area contributed by atoms with Crippen molar-refractivity contribution in [1.29, 1.82) is 0 Å². The Morgan fingerprint density at radius 1 is 1.04 bits per heavy atom. The molecule has 1 aromatic heterocycles. The van der Waals surface area contributed by atoms with E-state index in [4.69, 9.17) is 0 Å². The monoisotopic (exact) mass is 368 g/mol. The van der Waals surface area contributed by atoms with Crippen molar-refractivity contribution in [3.8, 4) is 0 Å². The molecule has 3 amide bonds. The fourth-order valence-corrected chi connectivity index (χ4v) is 3.42. The highest BCUT2D eigenvalue weighted by Gasteiger charge is 2.09. The van der Waals surface area contributed by atoms with Crippen molar-refractivity contribution < 1.29 is 9.59 Å². The van der Waals surface area contributed by atoms with Crippen LogP contribution in [0.1, 0.15) is 25.8 Å². The Morgan fingerprint density at radius 3 is 2.62 bits per heavy atom. The number of amides is 3. The Kier molecular flexibility index (Phi) is 5.48. The molecule has 134 valence electrons. The summed E-state index contributed by atoms with van der Waals surface area (Å²) in [5.41, 5.74) is 3.33. The van der Waals surface area contributed by atoms with Crippen molar-refractivity contribution in [1.82, 2.24) is 4.98 Å². The van der Waals surface area contributed by atoms with E-state index in [0.29, 0.717) is 17.2 Å². The van der Waals surface area contributed by atoms with Gasteiger partial charge in [0.2, 0.25) is 5.91 Å². The maximum atomic E-state index is 12.3. The van der Waals surface area contributed by atoms with Crippen LogP contribution in [0.4, 0.5) is 21.3 Å². The van der Waals surface area contributed by atoms with Gasteiger partial charge in [-0.15, -0.1) is 0 Å². The molecule has 3 rings (SSSR count). The fraction of sp³-hybridized carbons (Fsp3) is 0.211. The zero-order valence-electron chi connectivity index (χ0n) is 14.6. The maximum Gasteiger partial charge on any atom is 0.323 e. The number of aromatic nitrogens is 1.